The van der Waals surface area contributed by atoms with Crippen LogP contribution in [0.15, 0.2) is 54.6 Å². The van der Waals surface area contributed by atoms with Crippen LogP contribution in [0.3, 0.4) is 0 Å². The number of amides is 2. The fourth-order valence-corrected chi connectivity index (χ4v) is 3.19. The van der Waals surface area contributed by atoms with Crippen LogP contribution in [0, 0.1) is 11.7 Å². The summed E-state index contributed by atoms with van der Waals surface area (Å²) in [5.74, 6) is -0.852. The van der Waals surface area contributed by atoms with Crippen LogP contribution in [0.2, 0.25) is 0 Å². The zero-order valence-electron chi connectivity index (χ0n) is 13.4. The molecular weight excluding hydrogens is 307 g/mol. The van der Waals surface area contributed by atoms with Crippen molar-refractivity contribution in [2.75, 3.05) is 12.4 Å². The minimum Gasteiger partial charge on any atom is -0.338 e. The number of nitrogens with zero attached hydrogens (tertiary/aromatic N) is 1. The number of piperidine rings is 1. The number of hydrogen-bond acceptors (Lipinski definition) is 2. The Morgan fingerprint density at radius 1 is 1.12 bits per heavy atom. The lowest BCUT2D eigenvalue weighted by Gasteiger charge is -2.38. The molecule has 4 nitrogen and oxygen atoms in total. The van der Waals surface area contributed by atoms with Crippen molar-refractivity contribution >= 4 is 17.5 Å². The van der Waals surface area contributed by atoms with Gasteiger partial charge in [0.25, 0.3) is 0 Å². The first-order chi connectivity index (χ1) is 11.6. The van der Waals surface area contributed by atoms with Crippen LogP contribution < -0.4 is 5.32 Å². The summed E-state index contributed by atoms with van der Waals surface area (Å²) in [6.45, 7) is 0. The minimum absolute atomic E-state index is 0.00640. The molecule has 24 heavy (non-hydrogen) atoms. The van der Waals surface area contributed by atoms with Gasteiger partial charge in [0.1, 0.15) is 5.82 Å². The number of hydrogen-bond donors (Lipinski definition) is 1. The number of anilines is 1. The average Bonchev–Trinajstić information content (AvgIpc) is 2.59. The van der Waals surface area contributed by atoms with E-state index in [-0.39, 0.29) is 23.5 Å². The highest BCUT2D eigenvalue weighted by atomic mass is 19.1. The summed E-state index contributed by atoms with van der Waals surface area (Å²) >= 11 is 0. The Labute approximate surface area is 140 Å². The lowest BCUT2D eigenvalue weighted by atomic mass is 9.84. The third-order valence-corrected chi connectivity index (χ3v) is 4.45. The zero-order valence-corrected chi connectivity index (χ0v) is 13.4. The van der Waals surface area contributed by atoms with Gasteiger partial charge in [0, 0.05) is 19.2 Å². The number of halogens is 1. The second-order valence-electron chi connectivity index (χ2n) is 6.00. The third-order valence-electron chi connectivity index (χ3n) is 4.45. The number of nitrogens with one attached hydrogen (secondary N) is 1. The normalized spacial score (nSPS) is 20.8. The lowest BCUT2D eigenvalue weighted by Crippen LogP contribution is -2.44. The Bertz CT molecular complexity index is 731. The fourth-order valence-electron chi connectivity index (χ4n) is 3.19. The van der Waals surface area contributed by atoms with Crippen molar-refractivity contribution in [1.82, 2.24) is 4.90 Å². The van der Waals surface area contributed by atoms with Crippen LogP contribution in [0.25, 0.3) is 0 Å². The Balaban J connectivity index is 1.87. The van der Waals surface area contributed by atoms with E-state index < -0.39 is 6.04 Å². The van der Waals surface area contributed by atoms with Gasteiger partial charge in [0.2, 0.25) is 11.8 Å². The molecule has 0 saturated carbocycles. The van der Waals surface area contributed by atoms with Gasteiger partial charge in [-0.25, -0.2) is 4.39 Å². The Morgan fingerprint density at radius 3 is 2.46 bits per heavy atom. The molecule has 2 aromatic carbocycles. The van der Waals surface area contributed by atoms with Crippen LogP contribution in [0.4, 0.5) is 10.1 Å². The summed E-state index contributed by atoms with van der Waals surface area (Å²) < 4.78 is 13.2. The monoisotopic (exact) mass is 326 g/mol. The predicted octanol–water partition coefficient (Wildman–Crippen LogP) is 3.37. The topological polar surface area (TPSA) is 49.4 Å². The average molecular weight is 326 g/mol. The van der Waals surface area contributed by atoms with Gasteiger partial charge in [-0.1, -0.05) is 30.3 Å². The van der Waals surface area contributed by atoms with E-state index in [1.165, 1.54) is 12.1 Å². The first-order valence-electron chi connectivity index (χ1n) is 7.93. The first-order valence-corrected chi connectivity index (χ1v) is 7.93. The molecule has 0 aromatic heterocycles. The molecule has 124 valence electrons. The van der Waals surface area contributed by atoms with Crippen molar-refractivity contribution in [2.24, 2.45) is 5.92 Å². The standard InChI is InChI=1S/C19H19FN2O2/c1-22-17(23)12-11-16(18(22)13-7-9-14(20)10-8-13)19(24)21-15-5-3-2-4-6-15/h2-10,16,18H,11-12H2,1H3,(H,21,24)/t16-,18+/m1/s1. The Kier molecular flexibility index (Phi) is 4.60. The molecule has 2 aromatic rings. The van der Waals surface area contributed by atoms with Gasteiger partial charge in [0.05, 0.1) is 12.0 Å². The number of para-hydroxylation sites is 1. The highest BCUT2D eigenvalue weighted by Crippen LogP contribution is 2.36. The van der Waals surface area contributed by atoms with Gasteiger partial charge < -0.3 is 10.2 Å². The number of likely N-dealkylation sites (tertiary alicyclic amines) is 1. The second-order valence-corrected chi connectivity index (χ2v) is 6.00. The van der Waals surface area contributed by atoms with Crippen LogP contribution in [0.1, 0.15) is 24.4 Å². The van der Waals surface area contributed by atoms with Crippen molar-refractivity contribution in [2.45, 2.75) is 18.9 Å². The van der Waals surface area contributed by atoms with Crippen molar-refractivity contribution in [1.29, 1.82) is 0 Å². The molecule has 2 amide bonds. The molecule has 2 atom stereocenters. The fraction of sp³-hybridized carbons (Fsp3) is 0.263. The van der Waals surface area contributed by atoms with Crippen LogP contribution >= 0.6 is 0 Å². The first kappa shape index (κ1) is 16.2. The highest BCUT2D eigenvalue weighted by Gasteiger charge is 2.38. The summed E-state index contributed by atoms with van der Waals surface area (Å²) in [6, 6.07) is 14.8. The molecule has 1 aliphatic rings. The maximum atomic E-state index is 13.2. The number of rotatable bonds is 3. The van der Waals surface area contributed by atoms with Gasteiger partial charge in [0.15, 0.2) is 0 Å². The van der Waals surface area contributed by atoms with Gasteiger partial charge in [-0.3, -0.25) is 9.59 Å². The molecule has 3 rings (SSSR count). The number of benzene rings is 2. The maximum Gasteiger partial charge on any atom is 0.229 e. The Morgan fingerprint density at radius 2 is 1.79 bits per heavy atom. The largest absolute Gasteiger partial charge is 0.338 e. The summed E-state index contributed by atoms with van der Waals surface area (Å²) in [6.07, 6.45) is 0.810. The van der Waals surface area contributed by atoms with Crippen LogP contribution in [0.5, 0.6) is 0 Å². The van der Waals surface area contributed by atoms with Gasteiger partial charge in [-0.2, -0.15) is 0 Å². The van der Waals surface area contributed by atoms with E-state index in [4.69, 9.17) is 0 Å². The van der Waals surface area contributed by atoms with Crippen molar-refractivity contribution in [3.63, 3.8) is 0 Å². The molecule has 0 bridgehead atoms. The molecule has 1 heterocycles. The number of carbonyl (C=O) groups is 2. The molecular formula is C19H19FN2O2. The molecule has 1 saturated heterocycles. The molecule has 1 fully saturated rings. The van der Waals surface area contributed by atoms with Crippen LogP contribution in [-0.4, -0.2) is 23.8 Å². The van der Waals surface area contributed by atoms with E-state index in [0.29, 0.717) is 12.8 Å². The minimum atomic E-state index is -0.393. The third kappa shape index (κ3) is 3.30. The summed E-state index contributed by atoms with van der Waals surface area (Å²) in [5, 5.41) is 2.91. The van der Waals surface area contributed by atoms with Crippen molar-refractivity contribution in [3.8, 4) is 0 Å². The summed E-state index contributed by atoms with van der Waals surface area (Å²) in [7, 11) is 1.69. The molecule has 0 aliphatic carbocycles. The van der Waals surface area contributed by atoms with E-state index in [2.05, 4.69) is 5.32 Å². The van der Waals surface area contributed by atoms with Gasteiger partial charge >= 0.3 is 0 Å². The number of carbonyl (C=O) groups excluding carboxylic acids is 2. The van der Waals surface area contributed by atoms with E-state index in [0.717, 1.165) is 11.3 Å². The molecule has 0 unspecified atom stereocenters. The van der Waals surface area contributed by atoms with Gasteiger partial charge in [-0.05, 0) is 36.2 Å². The zero-order chi connectivity index (χ0) is 17.1. The van der Waals surface area contributed by atoms with Gasteiger partial charge in [-0.15, -0.1) is 0 Å². The molecule has 0 spiro atoms. The van der Waals surface area contributed by atoms with E-state index >= 15 is 0 Å². The smallest absolute Gasteiger partial charge is 0.229 e. The Hall–Kier alpha value is -2.69. The summed E-state index contributed by atoms with van der Waals surface area (Å²) in [5.41, 5.74) is 1.49. The van der Waals surface area contributed by atoms with Crippen LogP contribution in [-0.2, 0) is 9.59 Å². The molecule has 1 N–H and O–H groups in total. The lowest BCUT2D eigenvalue weighted by molar-refractivity contribution is -0.140. The predicted molar refractivity (Wildman–Crippen MR) is 89.7 cm³/mol. The van der Waals surface area contributed by atoms with Crippen molar-refractivity contribution in [3.05, 3.63) is 66.0 Å². The molecule has 1 aliphatic heterocycles. The van der Waals surface area contributed by atoms with E-state index in [9.17, 15) is 14.0 Å². The van der Waals surface area contributed by atoms with E-state index in [1.54, 1.807) is 24.1 Å². The summed E-state index contributed by atoms with van der Waals surface area (Å²) in [4.78, 5) is 26.4. The quantitative estimate of drug-likeness (QED) is 0.940. The van der Waals surface area contributed by atoms with E-state index in [1.807, 2.05) is 30.3 Å². The molecule has 5 heteroatoms. The van der Waals surface area contributed by atoms with Crippen molar-refractivity contribution < 1.29 is 14.0 Å². The highest BCUT2D eigenvalue weighted by molar-refractivity contribution is 5.94. The SMILES string of the molecule is CN1C(=O)CC[C@@H](C(=O)Nc2ccccc2)[C@@H]1c1ccc(F)cc1. The second kappa shape index (κ2) is 6.83. The maximum absolute atomic E-state index is 13.2. The molecule has 0 radical (unpaired) electrons.